The molecule has 0 saturated heterocycles. The standard InChI is InChI=1S/C30H37N5O10/c1-5-42-25(36)16-33(17-26(37)43-6-2)14-21-10-9-20-13-24(35(40)41)23-12-11-22(32-30(23)29(20)31-21)15-34(18-27(38)44-7-3)19-28(39)45-8-4/h9-13H,5-8,14-19H2,1-4H3. The van der Waals surface area contributed by atoms with Gasteiger partial charge in [0.05, 0.1) is 79.8 Å². The summed E-state index contributed by atoms with van der Waals surface area (Å²) >= 11 is 0. The Bertz CT molecular complexity index is 1510. The monoisotopic (exact) mass is 627 g/mol. The van der Waals surface area contributed by atoms with Gasteiger partial charge in [-0.15, -0.1) is 0 Å². The number of carbonyl (C=O) groups excluding carboxylic acids is 4. The van der Waals surface area contributed by atoms with Crippen molar-refractivity contribution in [1.82, 2.24) is 19.8 Å². The first-order valence-corrected chi connectivity index (χ1v) is 14.5. The maximum atomic E-state index is 12.2. The molecule has 15 heteroatoms. The van der Waals surface area contributed by atoms with Crippen molar-refractivity contribution in [3.63, 3.8) is 0 Å². The molecule has 0 bridgehead atoms. The minimum atomic E-state index is -0.537. The zero-order valence-electron chi connectivity index (χ0n) is 25.8. The number of nitro groups is 1. The predicted octanol–water partition coefficient (Wildman–Crippen LogP) is 2.55. The highest BCUT2D eigenvalue weighted by molar-refractivity contribution is 6.07. The van der Waals surface area contributed by atoms with E-state index in [1.54, 1.807) is 52.0 Å². The molecule has 0 amide bonds. The van der Waals surface area contributed by atoms with Crippen LogP contribution in [0.1, 0.15) is 39.1 Å². The van der Waals surface area contributed by atoms with Gasteiger partial charge in [-0.1, -0.05) is 6.07 Å². The highest BCUT2D eigenvalue weighted by Crippen LogP contribution is 2.32. The van der Waals surface area contributed by atoms with Gasteiger partial charge in [-0.3, -0.25) is 39.1 Å². The zero-order chi connectivity index (χ0) is 32.9. The van der Waals surface area contributed by atoms with E-state index in [2.05, 4.69) is 4.98 Å². The molecule has 0 aliphatic rings. The first kappa shape index (κ1) is 34.7. The summed E-state index contributed by atoms with van der Waals surface area (Å²) in [5.74, 6) is -2.12. The van der Waals surface area contributed by atoms with E-state index in [0.717, 1.165) is 0 Å². The van der Waals surface area contributed by atoms with Crippen LogP contribution in [0.3, 0.4) is 0 Å². The molecule has 0 atom stereocenters. The second-order valence-corrected chi connectivity index (χ2v) is 9.74. The molecule has 2 aromatic heterocycles. The van der Waals surface area contributed by atoms with Crippen molar-refractivity contribution >= 4 is 51.4 Å². The molecule has 0 aliphatic carbocycles. The van der Waals surface area contributed by atoms with Crippen molar-refractivity contribution in [3.8, 4) is 0 Å². The van der Waals surface area contributed by atoms with E-state index in [4.69, 9.17) is 23.9 Å². The van der Waals surface area contributed by atoms with Crippen molar-refractivity contribution in [2.45, 2.75) is 40.8 Å². The highest BCUT2D eigenvalue weighted by Gasteiger charge is 2.22. The molecule has 1 aromatic carbocycles. The summed E-state index contributed by atoms with van der Waals surface area (Å²) in [6.45, 7) is 6.70. The number of nitro benzene ring substituents is 1. The van der Waals surface area contributed by atoms with Crippen LogP contribution in [0, 0.1) is 10.1 Å². The minimum Gasteiger partial charge on any atom is -0.465 e. The summed E-state index contributed by atoms with van der Waals surface area (Å²) in [5.41, 5.74) is 1.28. The number of nitrogens with zero attached hydrogens (tertiary/aromatic N) is 5. The lowest BCUT2D eigenvalue weighted by Gasteiger charge is -2.20. The molecule has 0 saturated carbocycles. The number of rotatable bonds is 17. The molecule has 0 unspecified atom stereocenters. The van der Waals surface area contributed by atoms with Crippen LogP contribution < -0.4 is 0 Å². The summed E-state index contributed by atoms with van der Waals surface area (Å²) in [7, 11) is 0. The molecule has 242 valence electrons. The van der Waals surface area contributed by atoms with Gasteiger partial charge in [-0.25, -0.2) is 9.97 Å². The van der Waals surface area contributed by atoms with E-state index in [1.807, 2.05) is 0 Å². The summed E-state index contributed by atoms with van der Waals surface area (Å²) < 4.78 is 20.2. The number of pyridine rings is 2. The molecule has 0 spiro atoms. The number of fused-ring (bicyclic) bond motifs is 3. The maximum absolute atomic E-state index is 12.2. The molecule has 3 aromatic rings. The largest absolute Gasteiger partial charge is 0.465 e. The lowest BCUT2D eigenvalue weighted by Crippen LogP contribution is -2.36. The van der Waals surface area contributed by atoms with Crippen LogP contribution in [0.5, 0.6) is 0 Å². The summed E-state index contributed by atoms with van der Waals surface area (Å²) in [6.07, 6.45) is 0. The molecule has 15 nitrogen and oxygen atoms in total. The average Bonchev–Trinajstić information content (AvgIpc) is 2.97. The summed E-state index contributed by atoms with van der Waals surface area (Å²) in [4.78, 5) is 72.8. The number of hydrogen-bond acceptors (Lipinski definition) is 14. The molecule has 0 N–H and O–H groups in total. The number of ether oxygens (including phenoxy) is 4. The van der Waals surface area contributed by atoms with Crippen molar-refractivity contribution in [3.05, 3.63) is 51.8 Å². The normalized spacial score (nSPS) is 11.2. The number of aromatic nitrogens is 2. The summed E-state index contributed by atoms with van der Waals surface area (Å²) in [5, 5.41) is 12.6. The number of non-ortho nitro benzene ring substituents is 1. The van der Waals surface area contributed by atoms with Gasteiger partial charge in [-0.2, -0.15) is 0 Å². The van der Waals surface area contributed by atoms with Crippen LogP contribution in [0.15, 0.2) is 30.3 Å². The molecule has 45 heavy (non-hydrogen) atoms. The molecular formula is C30H37N5O10. The van der Waals surface area contributed by atoms with Gasteiger partial charge >= 0.3 is 23.9 Å². The van der Waals surface area contributed by atoms with Crippen LogP contribution in [-0.2, 0) is 51.2 Å². The van der Waals surface area contributed by atoms with Crippen LogP contribution in [0.2, 0.25) is 0 Å². The second kappa shape index (κ2) is 16.9. The Kier molecular flexibility index (Phi) is 13.1. The molecular weight excluding hydrogens is 590 g/mol. The van der Waals surface area contributed by atoms with E-state index in [9.17, 15) is 29.3 Å². The van der Waals surface area contributed by atoms with Crippen molar-refractivity contribution in [1.29, 1.82) is 0 Å². The molecule has 0 fully saturated rings. The van der Waals surface area contributed by atoms with Crippen LogP contribution in [0.4, 0.5) is 5.69 Å². The van der Waals surface area contributed by atoms with Gasteiger partial charge in [0.25, 0.3) is 5.69 Å². The number of carbonyl (C=O) groups is 4. The smallest absolute Gasteiger partial charge is 0.320 e. The second-order valence-electron chi connectivity index (χ2n) is 9.74. The van der Waals surface area contributed by atoms with Crippen LogP contribution in [0.25, 0.3) is 21.8 Å². The topological polar surface area (TPSA) is 181 Å². The van der Waals surface area contributed by atoms with E-state index < -0.39 is 28.8 Å². The Hall–Kier alpha value is -4.76. The van der Waals surface area contributed by atoms with Gasteiger partial charge in [-0.05, 0) is 45.9 Å². The van der Waals surface area contributed by atoms with E-state index in [-0.39, 0.29) is 82.3 Å². The van der Waals surface area contributed by atoms with Gasteiger partial charge in [0.1, 0.15) is 5.52 Å². The van der Waals surface area contributed by atoms with Gasteiger partial charge < -0.3 is 18.9 Å². The Morgan fingerprint density at radius 3 is 1.47 bits per heavy atom. The molecule has 3 rings (SSSR count). The Balaban J connectivity index is 2.05. The fourth-order valence-electron chi connectivity index (χ4n) is 4.61. The Labute approximate surface area is 259 Å². The highest BCUT2D eigenvalue weighted by atomic mass is 16.6. The van der Waals surface area contributed by atoms with E-state index >= 15 is 0 Å². The predicted molar refractivity (Wildman–Crippen MR) is 161 cm³/mol. The van der Waals surface area contributed by atoms with Crippen molar-refractivity contribution in [2.24, 2.45) is 0 Å². The first-order chi connectivity index (χ1) is 21.6. The average molecular weight is 628 g/mol. The third kappa shape index (κ3) is 10.1. The van der Waals surface area contributed by atoms with Crippen LogP contribution in [-0.4, -0.2) is 101 Å². The Morgan fingerprint density at radius 1 is 0.667 bits per heavy atom. The number of benzene rings is 1. The third-order valence-electron chi connectivity index (χ3n) is 6.33. The lowest BCUT2D eigenvalue weighted by atomic mass is 10.1. The maximum Gasteiger partial charge on any atom is 0.320 e. The lowest BCUT2D eigenvalue weighted by molar-refractivity contribution is -0.382. The van der Waals surface area contributed by atoms with E-state index in [0.29, 0.717) is 22.3 Å². The molecule has 0 aliphatic heterocycles. The fraction of sp³-hybridized carbons (Fsp3) is 0.467. The number of esters is 4. The van der Waals surface area contributed by atoms with Gasteiger partial charge in [0.15, 0.2) is 0 Å². The molecule has 0 radical (unpaired) electrons. The quantitative estimate of drug-likeness (QED) is 0.0700. The SMILES string of the molecule is CCOC(=O)CN(CC(=O)OCC)Cc1ccc2cc([N+](=O)[O-])c3ccc(CN(CC(=O)OCC)CC(=O)OCC)nc3c2n1. The minimum absolute atomic E-state index is 0.0320. The van der Waals surface area contributed by atoms with Crippen molar-refractivity contribution < 1.29 is 43.0 Å². The fourth-order valence-corrected chi connectivity index (χ4v) is 4.61. The Morgan fingerprint density at radius 2 is 1.07 bits per heavy atom. The first-order valence-electron chi connectivity index (χ1n) is 14.5. The van der Waals surface area contributed by atoms with Gasteiger partial charge in [0, 0.05) is 24.5 Å². The zero-order valence-corrected chi connectivity index (χ0v) is 25.8. The number of hydrogen-bond donors (Lipinski definition) is 0. The van der Waals surface area contributed by atoms with Crippen LogP contribution >= 0.6 is 0 Å². The summed E-state index contributed by atoms with van der Waals surface area (Å²) in [6, 6.07) is 7.82. The van der Waals surface area contributed by atoms with Crippen molar-refractivity contribution in [2.75, 3.05) is 52.6 Å². The van der Waals surface area contributed by atoms with E-state index in [1.165, 1.54) is 15.9 Å². The molecule has 2 heterocycles. The van der Waals surface area contributed by atoms with Gasteiger partial charge in [0.2, 0.25) is 0 Å². The third-order valence-corrected chi connectivity index (χ3v) is 6.33.